The predicted octanol–water partition coefficient (Wildman–Crippen LogP) is 4.02. The third-order valence-electron chi connectivity index (χ3n) is 3.38. The van der Waals surface area contributed by atoms with Crippen molar-refractivity contribution in [3.63, 3.8) is 0 Å². The van der Waals surface area contributed by atoms with Crippen LogP contribution < -0.4 is 10.5 Å². The molecule has 3 heterocycles. The minimum Gasteiger partial charge on any atom is -0.493 e. The topological polar surface area (TPSA) is 65.4 Å². The van der Waals surface area contributed by atoms with Gasteiger partial charge in [-0.25, -0.2) is 9.97 Å². The molecule has 0 aliphatic rings. The van der Waals surface area contributed by atoms with Crippen molar-refractivity contribution in [2.24, 2.45) is 0 Å². The second-order valence-electron chi connectivity index (χ2n) is 5.55. The Hall–Kier alpha value is -2.28. The van der Waals surface area contributed by atoms with Crippen molar-refractivity contribution in [2.45, 2.75) is 30.9 Å². The number of nitrogens with zero attached hydrogens (tertiary/aromatic N) is 3. The van der Waals surface area contributed by atoms with Crippen molar-refractivity contribution in [2.75, 3.05) is 12.3 Å². The normalized spacial score (nSPS) is 11.4. The molecule has 0 bridgehead atoms. The van der Waals surface area contributed by atoms with Gasteiger partial charge in [0.1, 0.15) is 17.2 Å². The van der Waals surface area contributed by atoms with E-state index in [9.17, 15) is 4.39 Å². The molecule has 3 rings (SSSR count). The lowest BCUT2D eigenvalue weighted by Gasteiger charge is -2.13. The first-order valence-corrected chi connectivity index (χ1v) is 8.60. The van der Waals surface area contributed by atoms with Gasteiger partial charge in [0.2, 0.25) is 5.95 Å². The number of anilines is 1. The van der Waals surface area contributed by atoms with Gasteiger partial charge in [-0.05, 0) is 19.1 Å². The van der Waals surface area contributed by atoms with E-state index in [0.717, 1.165) is 10.6 Å². The van der Waals surface area contributed by atoms with Crippen LogP contribution in [-0.4, -0.2) is 26.2 Å². The number of nitrogen functional groups attached to an aromatic ring is 1. The molecule has 24 heavy (non-hydrogen) atoms. The van der Waals surface area contributed by atoms with Crippen molar-refractivity contribution < 1.29 is 9.13 Å². The molecule has 0 spiro atoms. The molecule has 0 radical (unpaired) electrons. The molecule has 0 aliphatic heterocycles. The van der Waals surface area contributed by atoms with Crippen molar-refractivity contribution in [1.29, 1.82) is 0 Å². The Kier molecular flexibility index (Phi) is 4.62. The fourth-order valence-corrected chi connectivity index (χ4v) is 3.34. The molecule has 0 fully saturated rings. The second-order valence-corrected chi connectivity index (χ2v) is 7.17. The molecule has 0 unspecified atom stereocenters. The molecular formula is C17H19FN4OS. The van der Waals surface area contributed by atoms with Crippen LogP contribution in [0.1, 0.15) is 20.8 Å². The Morgan fingerprint density at radius 3 is 2.83 bits per heavy atom. The summed E-state index contributed by atoms with van der Waals surface area (Å²) < 4.78 is 21.8. The van der Waals surface area contributed by atoms with Crippen LogP contribution in [-0.2, 0) is 0 Å². The maximum absolute atomic E-state index is 14.2. The number of imidazole rings is 1. The Morgan fingerprint density at radius 1 is 1.38 bits per heavy atom. The maximum Gasteiger partial charge on any atom is 0.224 e. The zero-order valence-electron chi connectivity index (χ0n) is 13.8. The molecule has 0 amide bonds. The summed E-state index contributed by atoms with van der Waals surface area (Å²) in [5, 5.41) is 0.392. The lowest BCUT2D eigenvalue weighted by atomic mass is 10.2. The lowest BCUT2D eigenvalue weighted by molar-refractivity contribution is 0.332. The van der Waals surface area contributed by atoms with Gasteiger partial charge in [-0.15, -0.1) is 11.8 Å². The number of nitrogens with two attached hydrogens (primary N) is 1. The minimum absolute atomic E-state index is 0.153. The van der Waals surface area contributed by atoms with E-state index in [1.54, 1.807) is 30.1 Å². The van der Waals surface area contributed by atoms with Gasteiger partial charge in [0.15, 0.2) is 0 Å². The number of rotatable bonds is 5. The van der Waals surface area contributed by atoms with Crippen LogP contribution in [0.2, 0.25) is 0 Å². The van der Waals surface area contributed by atoms with Crippen molar-refractivity contribution in [3.8, 4) is 17.0 Å². The molecule has 5 nitrogen and oxygen atoms in total. The molecule has 0 aromatic carbocycles. The number of pyridine rings is 2. The summed E-state index contributed by atoms with van der Waals surface area (Å²) in [5.74, 6) is 0.334. The predicted molar refractivity (Wildman–Crippen MR) is 95.0 cm³/mol. The van der Waals surface area contributed by atoms with Crippen molar-refractivity contribution in [1.82, 2.24) is 14.4 Å². The van der Waals surface area contributed by atoms with Gasteiger partial charge in [0.05, 0.1) is 29.0 Å². The highest BCUT2D eigenvalue weighted by atomic mass is 32.2. The molecule has 2 N–H and O–H groups in total. The molecule has 3 aromatic heterocycles. The van der Waals surface area contributed by atoms with Crippen molar-refractivity contribution >= 4 is 23.2 Å². The van der Waals surface area contributed by atoms with Crippen LogP contribution >= 0.6 is 11.8 Å². The maximum atomic E-state index is 14.2. The van der Waals surface area contributed by atoms with E-state index in [2.05, 4.69) is 23.8 Å². The molecule has 0 aliphatic carbocycles. The van der Waals surface area contributed by atoms with Crippen LogP contribution in [0.5, 0.6) is 5.75 Å². The van der Waals surface area contributed by atoms with Crippen molar-refractivity contribution in [3.05, 3.63) is 36.5 Å². The van der Waals surface area contributed by atoms with Gasteiger partial charge in [-0.2, -0.15) is 4.39 Å². The molecule has 3 aromatic rings. The van der Waals surface area contributed by atoms with E-state index in [0.29, 0.717) is 28.8 Å². The van der Waals surface area contributed by atoms with E-state index in [-0.39, 0.29) is 5.82 Å². The minimum atomic E-state index is -0.608. The van der Waals surface area contributed by atoms with E-state index in [4.69, 9.17) is 10.5 Å². The molecule has 0 saturated carbocycles. The fourth-order valence-electron chi connectivity index (χ4n) is 2.44. The van der Waals surface area contributed by atoms with Gasteiger partial charge < -0.3 is 10.5 Å². The van der Waals surface area contributed by atoms with Crippen LogP contribution in [0, 0.1) is 5.95 Å². The van der Waals surface area contributed by atoms with E-state index in [1.807, 2.05) is 23.6 Å². The number of hydrogen-bond donors (Lipinski definition) is 1. The summed E-state index contributed by atoms with van der Waals surface area (Å²) in [7, 11) is 0. The van der Waals surface area contributed by atoms with E-state index >= 15 is 0 Å². The number of ether oxygens (including phenoxy) is 1. The molecule has 7 heteroatoms. The lowest BCUT2D eigenvalue weighted by Crippen LogP contribution is -2.00. The average molecular weight is 346 g/mol. The first-order chi connectivity index (χ1) is 11.5. The summed E-state index contributed by atoms with van der Waals surface area (Å²) in [6.45, 7) is 6.75. The first kappa shape index (κ1) is 16.6. The Morgan fingerprint density at radius 2 is 2.17 bits per heavy atom. The highest BCUT2D eigenvalue weighted by Gasteiger charge is 2.16. The SMILES string of the molecule is CCOc1cc2ncc(-c3ccc(N)nc3F)n2cc1SC(C)C. The molecule has 0 atom stereocenters. The van der Waals surface area contributed by atoms with Gasteiger partial charge >= 0.3 is 0 Å². The summed E-state index contributed by atoms with van der Waals surface area (Å²) >= 11 is 1.69. The molecular weight excluding hydrogens is 327 g/mol. The highest BCUT2D eigenvalue weighted by Crippen LogP contribution is 2.35. The van der Waals surface area contributed by atoms with E-state index in [1.165, 1.54) is 0 Å². The summed E-state index contributed by atoms with van der Waals surface area (Å²) in [6, 6.07) is 5.07. The monoisotopic (exact) mass is 346 g/mol. The van der Waals surface area contributed by atoms with Gasteiger partial charge in [0.25, 0.3) is 0 Å². The Bertz CT molecular complexity index is 878. The van der Waals surface area contributed by atoms with Crippen LogP contribution in [0.3, 0.4) is 0 Å². The number of halogens is 1. The standard InChI is InChI=1S/C17H19FN4OS/c1-4-23-13-7-16-20-8-12(11-5-6-15(19)21-17(11)18)22(16)9-14(13)24-10(2)3/h5-10H,4H2,1-3H3,(H2,19,21). The summed E-state index contributed by atoms with van der Waals surface area (Å²) in [5.41, 5.74) is 7.22. The number of aromatic nitrogens is 3. The van der Waals surface area contributed by atoms with Gasteiger partial charge in [0, 0.05) is 17.5 Å². The third-order valence-corrected chi connectivity index (χ3v) is 4.42. The Balaban J connectivity index is 2.17. The number of hydrogen-bond acceptors (Lipinski definition) is 5. The quantitative estimate of drug-likeness (QED) is 0.558. The smallest absolute Gasteiger partial charge is 0.224 e. The summed E-state index contributed by atoms with van der Waals surface area (Å²) in [6.07, 6.45) is 3.56. The zero-order valence-corrected chi connectivity index (χ0v) is 14.6. The largest absolute Gasteiger partial charge is 0.493 e. The summed E-state index contributed by atoms with van der Waals surface area (Å²) in [4.78, 5) is 9.05. The Labute approximate surface area is 144 Å². The fraction of sp³-hybridized carbons (Fsp3) is 0.294. The van der Waals surface area contributed by atoms with Crippen LogP contribution in [0.15, 0.2) is 35.5 Å². The van der Waals surface area contributed by atoms with Crippen LogP contribution in [0.25, 0.3) is 16.9 Å². The number of thioether (sulfide) groups is 1. The second kappa shape index (κ2) is 6.68. The van der Waals surface area contributed by atoms with Gasteiger partial charge in [-0.3, -0.25) is 4.40 Å². The van der Waals surface area contributed by atoms with Gasteiger partial charge in [-0.1, -0.05) is 13.8 Å². The average Bonchev–Trinajstić information content (AvgIpc) is 2.90. The molecule has 0 saturated heterocycles. The molecule has 126 valence electrons. The third kappa shape index (κ3) is 3.17. The first-order valence-electron chi connectivity index (χ1n) is 7.72. The van der Waals surface area contributed by atoms with E-state index < -0.39 is 5.95 Å². The highest BCUT2D eigenvalue weighted by molar-refractivity contribution is 8.00. The number of fused-ring (bicyclic) bond motifs is 1. The van der Waals surface area contributed by atoms with Crippen LogP contribution in [0.4, 0.5) is 10.2 Å². The zero-order chi connectivity index (χ0) is 17.3.